The van der Waals surface area contributed by atoms with Crippen molar-refractivity contribution >= 4 is 0 Å². The van der Waals surface area contributed by atoms with Gasteiger partial charge in [-0.15, -0.1) is 0 Å². The first-order chi connectivity index (χ1) is 7.65. The van der Waals surface area contributed by atoms with Crippen molar-refractivity contribution in [2.45, 2.75) is 33.6 Å². The fourth-order valence-corrected chi connectivity index (χ4v) is 1.78. The summed E-state index contributed by atoms with van der Waals surface area (Å²) >= 11 is 0. The van der Waals surface area contributed by atoms with E-state index in [-0.39, 0.29) is 0 Å². The lowest BCUT2D eigenvalue weighted by Gasteiger charge is -2.10. The summed E-state index contributed by atoms with van der Waals surface area (Å²) in [6.45, 7) is 8.21. The molecule has 0 atom stereocenters. The van der Waals surface area contributed by atoms with Gasteiger partial charge >= 0.3 is 0 Å². The minimum absolute atomic E-state index is 0.589. The number of nitrogens with zero attached hydrogens (tertiary/aromatic N) is 1. The molecule has 0 fully saturated rings. The number of aryl methyl sites for hydroxylation is 3. The summed E-state index contributed by atoms with van der Waals surface area (Å²) in [6, 6.07) is 6.66. The molecule has 0 aliphatic rings. The number of hydrogen-bond donors (Lipinski definition) is 1. The molecular weight excluding hydrogens is 196 g/mol. The highest BCUT2D eigenvalue weighted by Crippen LogP contribution is 2.15. The molecule has 0 aliphatic carbocycles. The standard InChI is InChI=1S/C14H20N2/c1-11-9-13(3)14(10-12(11)2)5-8-16-7-4-6-15/h9-10,16H,4-5,7-8H2,1-3H3. The molecule has 1 aromatic rings. The van der Waals surface area contributed by atoms with Gasteiger partial charge in [-0.25, -0.2) is 0 Å². The van der Waals surface area contributed by atoms with Crippen LogP contribution in [0.3, 0.4) is 0 Å². The smallest absolute Gasteiger partial charge is 0.0635 e. The Morgan fingerprint density at radius 3 is 2.44 bits per heavy atom. The zero-order chi connectivity index (χ0) is 12.0. The molecule has 0 heterocycles. The van der Waals surface area contributed by atoms with Crippen molar-refractivity contribution in [3.05, 3.63) is 34.4 Å². The maximum atomic E-state index is 8.40. The first-order valence-electron chi connectivity index (χ1n) is 5.79. The fraction of sp³-hybridized carbons (Fsp3) is 0.500. The van der Waals surface area contributed by atoms with Crippen molar-refractivity contribution < 1.29 is 0 Å². The SMILES string of the molecule is Cc1cc(C)c(CCNCCC#N)cc1C. The van der Waals surface area contributed by atoms with Crippen molar-refractivity contribution in [3.63, 3.8) is 0 Å². The second-order valence-corrected chi connectivity index (χ2v) is 4.27. The summed E-state index contributed by atoms with van der Waals surface area (Å²) in [5.74, 6) is 0. The molecule has 86 valence electrons. The van der Waals surface area contributed by atoms with E-state index in [2.05, 4.69) is 44.3 Å². The Labute approximate surface area is 98.3 Å². The molecule has 1 N–H and O–H groups in total. The average Bonchev–Trinajstić information content (AvgIpc) is 2.25. The van der Waals surface area contributed by atoms with Gasteiger partial charge in [-0.2, -0.15) is 5.26 Å². The molecule has 0 radical (unpaired) electrons. The third kappa shape index (κ3) is 3.67. The first-order valence-corrected chi connectivity index (χ1v) is 5.79. The monoisotopic (exact) mass is 216 g/mol. The molecule has 1 rings (SSSR count). The van der Waals surface area contributed by atoms with Crippen molar-refractivity contribution in [2.24, 2.45) is 0 Å². The Balaban J connectivity index is 2.48. The van der Waals surface area contributed by atoms with E-state index in [4.69, 9.17) is 5.26 Å². The van der Waals surface area contributed by atoms with Crippen LogP contribution in [0.25, 0.3) is 0 Å². The molecule has 0 bridgehead atoms. The van der Waals surface area contributed by atoms with Gasteiger partial charge in [0.15, 0.2) is 0 Å². The Morgan fingerprint density at radius 1 is 1.06 bits per heavy atom. The van der Waals surface area contributed by atoms with E-state index in [1.807, 2.05) is 0 Å². The highest BCUT2D eigenvalue weighted by atomic mass is 14.8. The summed E-state index contributed by atoms with van der Waals surface area (Å²) in [4.78, 5) is 0. The Morgan fingerprint density at radius 2 is 1.75 bits per heavy atom. The third-order valence-electron chi connectivity index (χ3n) is 2.94. The largest absolute Gasteiger partial charge is 0.315 e. The van der Waals surface area contributed by atoms with Crippen LogP contribution < -0.4 is 5.32 Å². The van der Waals surface area contributed by atoms with Crippen LogP contribution in [0, 0.1) is 32.1 Å². The van der Waals surface area contributed by atoms with E-state index in [1.165, 1.54) is 22.3 Å². The molecule has 2 nitrogen and oxygen atoms in total. The quantitative estimate of drug-likeness (QED) is 0.768. The van der Waals surface area contributed by atoms with Gasteiger partial charge in [-0.05, 0) is 56.0 Å². The van der Waals surface area contributed by atoms with Crippen molar-refractivity contribution in [2.75, 3.05) is 13.1 Å². The molecule has 16 heavy (non-hydrogen) atoms. The Kier molecular flexibility index (Phi) is 5.01. The zero-order valence-electron chi connectivity index (χ0n) is 10.4. The Bertz CT molecular complexity index is 388. The Hall–Kier alpha value is -1.33. The maximum absolute atomic E-state index is 8.40. The van der Waals surface area contributed by atoms with Crippen molar-refractivity contribution in [1.82, 2.24) is 5.32 Å². The summed E-state index contributed by atoms with van der Waals surface area (Å²) in [5.41, 5.74) is 5.49. The molecule has 0 amide bonds. The lowest BCUT2D eigenvalue weighted by Crippen LogP contribution is -2.18. The average molecular weight is 216 g/mol. The van der Waals surface area contributed by atoms with Crippen LogP contribution in [0.5, 0.6) is 0 Å². The topological polar surface area (TPSA) is 35.8 Å². The van der Waals surface area contributed by atoms with Gasteiger partial charge in [0, 0.05) is 13.0 Å². The van der Waals surface area contributed by atoms with Gasteiger partial charge in [-0.1, -0.05) is 12.1 Å². The van der Waals surface area contributed by atoms with Gasteiger partial charge in [-0.3, -0.25) is 0 Å². The van der Waals surface area contributed by atoms with Crippen molar-refractivity contribution in [1.29, 1.82) is 5.26 Å². The molecule has 0 aliphatic heterocycles. The van der Waals surface area contributed by atoms with Gasteiger partial charge in [0.2, 0.25) is 0 Å². The number of nitrogens with one attached hydrogen (secondary N) is 1. The van der Waals surface area contributed by atoms with Crippen LogP contribution in [0.2, 0.25) is 0 Å². The van der Waals surface area contributed by atoms with Crippen LogP contribution in [-0.4, -0.2) is 13.1 Å². The second-order valence-electron chi connectivity index (χ2n) is 4.27. The fourth-order valence-electron chi connectivity index (χ4n) is 1.78. The third-order valence-corrected chi connectivity index (χ3v) is 2.94. The molecule has 1 aromatic carbocycles. The van der Waals surface area contributed by atoms with Crippen LogP contribution in [0.15, 0.2) is 12.1 Å². The van der Waals surface area contributed by atoms with E-state index in [0.29, 0.717) is 6.42 Å². The lowest BCUT2D eigenvalue weighted by atomic mass is 9.99. The van der Waals surface area contributed by atoms with E-state index in [1.54, 1.807) is 0 Å². The predicted octanol–water partition coefficient (Wildman–Crippen LogP) is 2.66. The summed E-state index contributed by atoms with van der Waals surface area (Å²) < 4.78 is 0. The molecule has 0 saturated heterocycles. The molecule has 0 unspecified atom stereocenters. The predicted molar refractivity (Wildman–Crippen MR) is 67.5 cm³/mol. The molecule has 0 saturated carbocycles. The van der Waals surface area contributed by atoms with Gasteiger partial charge in [0.1, 0.15) is 0 Å². The van der Waals surface area contributed by atoms with E-state index in [0.717, 1.165) is 19.5 Å². The number of benzene rings is 1. The van der Waals surface area contributed by atoms with Gasteiger partial charge < -0.3 is 5.32 Å². The van der Waals surface area contributed by atoms with E-state index >= 15 is 0 Å². The summed E-state index contributed by atoms with van der Waals surface area (Å²) in [5, 5.41) is 11.7. The minimum atomic E-state index is 0.589. The molecule has 0 aromatic heterocycles. The van der Waals surface area contributed by atoms with Gasteiger partial charge in [0.25, 0.3) is 0 Å². The molecule has 0 spiro atoms. The van der Waals surface area contributed by atoms with Crippen molar-refractivity contribution in [3.8, 4) is 6.07 Å². The zero-order valence-corrected chi connectivity index (χ0v) is 10.4. The highest BCUT2D eigenvalue weighted by Gasteiger charge is 2.01. The van der Waals surface area contributed by atoms with Crippen LogP contribution in [-0.2, 0) is 6.42 Å². The van der Waals surface area contributed by atoms with Crippen LogP contribution >= 0.6 is 0 Å². The second kappa shape index (κ2) is 6.30. The molecular formula is C14H20N2. The number of rotatable bonds is 5. The number of hydrogen-bond acceptors (Lipinski definition) is 2. The van der Waals surface area contributed by atoms with E-state index < -0.39 is 0 Å². The maximum Gasteiger partial charge on any atom is 0.0635 e. The summed E-state index contributed by atoms with van der Waals surface area (Å²) in [7, 11) is 0. The number of nitriles is 1. The van der Waals surface area contributed by atoms with Crippen LogP contribution in [0.4, 0.5) is 0 Å². The molecule has 2 heteroatoms. The normalized spacial score (nSPS) is 10.1. The highest BCUT2D eigenvalue weighted by molar-refractivity contribution is 5.36. The van der Waals surface area contributed by atoms with Crippen LogP contribution in [0.1, 0.15) is 28.7 Å². The summed E-state index contributed by atoms with van der Waals surface area (Å²) in [6.07, 6.45) is 1.63. The first kappa shape index (κ1) is 12.7. The van der Waals surface area contributed by atoms with Gasteiger partial charge in [0.05, 0.1) is 6.07 Å². The lowest BCUT2D eigenvalue weighted by molar-refractivity contribution is 0.690. The minimum Gasteiger partial charge on any atom is -0.315 e. The van der Waals surface area contributed by atoms with E-state index in [9.17, 15) is 0 Å².